The van der Waals surface area contributed by atoms with Crippen LogP contribution in [0.15, 0.2) is 12.3 Å². The van der Waals surface area contributed by atoms with Gasteiger partial charge >= 0.3 is 5.97 Å². The molecule has 1 aromatic heterocycles. The fourth-order valence-electron chi connectivity index (χ4n) is 1.40. The van der Waals surface area contributed by atoms with Gasteiger partial charge in [0.05, 0.1) is 18.9 Å². The summed E-state index contributed by atoms with van der Waals surface area (Å²) in [7, 11) is 1.33. The second-order valence-corrected chi connectivity index (χ2v) is 3.38. The third-order valence-corrected chi connectivity index (χ3v) is 2.16. The van der Waals surface area contributed by atoms with Crippen LogP contribution in [0, 0.1) is 11.3 Å². The Balaban J connectivity index is 2.97. The van der Waals surface area contributed by atoms with E-state index in [-0.39, 0.29) is 12.5 Å². The first-order valence-electron chi connectivity index (χ1n) is 5.26. The van der Waals surface area contributed by atoms with Gasteiger partial charge in [-0.3, -0.25) is 4.79 Å². The van der Waals surface area contributed by atoms with E-state index in [4.69, 9.17) is 5.26 Å². The predicted octanol–water partition coefficient (Wildman–Crippen LogP) is 0.738. The zero-order valence-electron chi connectivity index (χ0n) is 9.88. The highest BCUT2D eigenvalue weighted by atomic mass is 16.5. The quantitative estimate of drug-likeness (QED) is 0.699. The molecule has 0 unspecified atom stereocenters. The second kappa shape index (κ2) is 6.43. The lowest BCUT2D eigenvalue weighted by Gasteiger charge is -2.21. The lowest BCUT2D eigenvalue weighted by molar-refractivity contribution is -0.138. The molecule has 0 saturated heterocycles. The molecule has 0 atom stereocenters. The third-order valence-electron chi connectivity index (χ3n) is 2.16. The van der Waals surface area contributed by atoms with Gasteiger partial charge in [0.15, 0.2) is 5.82 Å². The van der Waals surface area contributed by atoms with E-state index in [1.54, 1.807) is 11.0 Å². The van der Waals surface area contributed by atoms with Crippen LogP contribution in [0.2, 0.25) is 0 Å². The Labute approximate surface area is 99.8 Å². The summed E-state index contributed by atoms with van der Waals surface area (Å²) in [5.74, 6) is 0.0512. The van der Waals surface area contributed by atoms with Crippen LogP contribution in [0.1, 0.15) is 18.9 Å². The number of carbonyl (C=O) groups excluding carboxylic acids is 1. The van der Waals surface area contributed by atoms with Crippen molar-refractivity contribution in [2.75, 3.05) is 25.1 Å². The van der Waals surface area contributed by atoms with E-state index in [0.717, 1.165) is 6.42 Å². The summed E-state index contributed by atoms with van der Waals surface area (Å²) in [6.07, 6.45) is 2.28. The molecule has 1 rings (SSSR count). The molecule has 0 aliphatic rings. The summed E-state index contributed by atoms with van der Waals surface area (Å²) in [4.78, 5) is 13.0. The van der Waals surface area contributed by atoms with Crippen molar-refractivity contribution in [3.05, 3.63) is 17.8 Å². The van der Waals surface area contributed by atoms with Crippen molar-refractivity contribution in [1.82, 2.24) is 10.2 Å². The maximum Gasteiger partial charge on any atom is 0.325 e. The topological polar surface area (TPSA) is 79.1 Å². The van der Waals surface area contributed by atoms with Crippen LogP contribution in [0.3, 0.4) is 0 Å². The smallest absolute Gasteiger partial charge is 0.325 e. The monoisotopic (exact) mass is 234 g/mol. The molecule has 0 bridgehead atoms. The number of aromatic nitrogens is 2. The largest absolute Gasteiger partial charge is 0.468 e. The van der Waals surface area contributed by atoms with E-state index in [2.05, 4.69) is 14.9 Å². The molecule has 0 spiro atoms. The fourth-order valence-corrected chi connectivity index (χ4v) is 1.40. The number of esters is 1. The highest BCUT2D eigenvalue weighted by Gasteiger charge is 2.16. The molecule has 6 nitrogen and oxygen atoms in total. The summed E-state index contributed by atoms with van der Waals surface area (Å²) in [6, 6.07) is 3.60. The SMILES string of the molecule is CCCN(CC(=O)OC)c1nnccc1C#N. The number of anilines is 1. The van der Waals surface area contributed by atoms with Crippen molar-refractivity contribution in [2.24, 2.45) is 0 Å². The molecule has 1 aromatic rings. The minimum Gasteiger partial charge on any atom is -0.468 e. The van der Waals surface area contributed by atoms with Gasteiger partial charge in [0, 0.05) is 6.54 Å². The van der Waals surface area contributed by atoms with Crippen LogP contribution in [-0.2, 0) is 9.53 Å². The van der Waals surface area contributed by atoms with E-state index < -0.39 is 0 Å². The molecule has 0 fully saturated rings. The van der Waals surface area contributed by atoms with Crippen molar-refractivity contribution < 1.29 is 9.53 Å². The van der Waals surface area contributed by atoms with Gasteiger partial charge in [-0.2, -0.15) is 10.4 Å². The third kappa shape index (κ3) is 3.41. The van der Waals surface area contributed by atoms with Gasteiger partial charge in [0.1, 0.15) is 12.6 Å². The first-order valence-corrected chi connectivity index (χ1v) is 5.26. The van der Waals surface area contributed by atoms with Crippen molar-refractivity contribution in [3.63, 3.8) is 0 Å². The minimum absolute atomic E-state index is 0.0672. The van der Waals surface area contributed by atoms with Crippen molar-refractivity contribution in [2.45, 2.75) is 13.3 Å². The van der Waals surface area contributed by atoms with Crippen LogP contribution < -0.4 is 4.90 Å². The van der Waals surface area contributed by atoms with Crippen LogP contribution in [-0.4, -0.2) is 36.4 Å². The van der Waals surface area contributed by atoms with E-state index in [1.807, 2.05) is 13.0 Å². The molecule has 0 amide bonds. The predicted molar refractivity (Wildman–Crippen MR) is 61.3 cm³/mol. The molecule has 0 aliphatic carbocycles. The molecule has 0 N–H and O–H groups in total. The average molecular weight is 234 g/mol. The molecular weight excluding hydrogens is 220 g/mol. The standard InChI is InChI=1S/C11H14N4O2/c1-3-6-15(8-10(16)17-2)11-9(7-12)4-5-13-14-11/h4-5H,3,6,8H2,1-2H3. The molecule has 17 heavy (non-hydrogen) atoms. The summed E-state index contributed by atoms with van der Waals surface area (Å²) in [5.41, 5.74) is 0.400. The van der Waals surface area contributed by atoms with Gasteiger partial charge in [-0.1, -0.05) is 6.92 Å². The number of methoxy groups -OCH3 is 1. The van der Waals surface area contributed by atoms with Crippen molar-refractivity contribution >= 4 is 11.8 Å². The first-order chi connectivity index (χ1) is 8.22. The first kappa shape index (κ1) is 12.9. The molecule has 0 saturated carbocycles. The number of hydrogen-bond acceptors (Lipinski definition) is 6. The molecule has 0 aliphatic heterocycles. The normalized spacial score (nSPS) is 9.47. The van der Waals surface area contributed by atoms with E-state index in [0.29, 0.717) is 17.9 Å². The van der Waals surface area contributed by atoms with Gasteiger partial charge in [-0.15, -0.1) is 5.10 Å². The Morgan fingerprint density at radius 1 is 1.65 bits per heavy atom. The highest BCUT2D eigenvalue weighted by molar-refractivity contribution is 5.75. The summed E-state index contributed by atoms with van der Waals surface area (Å²) in [6.45, 7) is 2.66. The minimum atomic E-state index is -0.368. The van der Waals surface area contributed by atoms with E-state index in [1.165, 1.54) is 13.3 Å². The number of carbonyl (C=O) groups is 1. The van der Waals surface area contributed by atoms with Gasteiger partial charge in [-0.25, -0.2) is 0 Å². The molecule has 0 radical (unpaired) electrons. The lowest BCUT2D eigenvalue weighted by Crippen LogP contribution is -2.32. The zero-order chi connectivity index (χ0) is 12.7. The fraction of sp³-hybridized carbons (Fsp3) is 0.455. The van der Waals surface area contributed by atoms with Gasteiger partial charge < -0.3 is 9.64 Å². The highest BCUT2D eigenvalue weighted by Crippen LogP contribution is 2.15. The Bertz CT molecular complexity index is 428. The molecule has 0 aromatic carbocycles. The summed E-state index contributed by atoms with van der Waals surface area (Å²) < 4.78 is 4.61. The van der Waals surface area contributed by atoms with Crippen LogP contribution in [0.25, 0.3) is 0 Å². The maximum atomic E-state index is 11.3. The van der Waals surface area contributed by atoms with E-state index >= 15 is 0 Å². The zero-order valence-corrected chi connectivity index (χ0v) is 9.88. The molecular formula is C11H14N4O2. The summed E-state index contributed by atoms with van der Waals surface area (Å²) in [5, 5.41) is 16.6. The molecule has 6 heteroatoms. The van der Waals surface area contributed by atoms with Crippen LogP contribution in [0.5, 0.6) is 0 Å². The average Bonchev–Trinajstić information content (AvgIpc) is 2.38. The Kier molecular flexibility index (Phi) is 4.88. The number of rotatable bonds is 5. The van der Waals surface area contributed by atoms with Gasteiger partial charge in [0.25, 0.3) is 0 Å². The Morgan fingerprint density at radius 2 is 2.41 bits per heavy atom. The number of ether oxygens (including phenoxy) is 1. The Hall–Kier alpha value is -2.16. The second-order valence-electron chi connectivity index (χ2n) is 3.38. The van der Waals surface area contributed by atoms with Crippen molar-refractivity contribution in [3.8, 4) is 6.07 Å². The number of hydrogen-bond donors (Lipinski definition) is 0. The van der Waals surface area contributed by atoms with Crippen molar-refractivity contribution in [1.29, 1.82) is 5.26 Å². The van der Waals surface area contributed by atoms with E-state index in [9.17, 15) is 4.79 Å². The molecule has 1 heterocycles. The Morgan fingerprint density at radius 3 is 3.00 bits per heavy atom. The summed E-state index contributed by atoms with van der Waals surface area (Å²) >= 11 is 0. The number of nitrogens with zero attached hydrogens (tertiary/aromatic N) is 4. The lowest BCUT2D eigenvalue weighted by atomic mass is 10.2. The number of nitriles is 1. The molecule has 90 valence electrons. The maximum absolute atomic E-state index is 11.3. The van der Waals surface area contributed by atoms with Crippen LogP contribution >= 0.6 is 0 Å². The van der Waals surface area contributed by atoms with Crippen LogP contribution in [0.4, 0.5) is 5.82 Å². The van der Waals surface area contributed by atoms with Gasteiger partial charge in [0.2, 0.25) is 0 Å². The van der Waals surface area contributed by atoms with Gasteiger partial charge in [-0.05, 0) is 12.5 Å².